The fourth-order valence-electron chi connectivity index (χ4n) is 1.64. The highest BCUT2D eigenvalue weighted by molar-refractivity contribution is 5.77. The number of anilines is 1. The van der Waals surface area contributed by atoms with Crippen LogP contribution in [0, 0.1) is 5.82 Å². The number of carbonyl (C=O) groups is 1. The van der Waals surface area contributed by atoms with Gasteiger partial charge in [-0.25, -0.2) is 4.39 Å². The maximum absolute atomic E-state index is 13.3. The first kappa shape index (κ1) is 13.6. The van der Waals surface area contributed by atoms with Crippen LogP contribution in [0.2, 0.25) is 0 Å². The number of ether oxygens (including phenoxy) is 1. The van der Waals surface area contributed by atoms with Crippen LogP contribution in [0.5, 0.6) is 0 Å². The summed E-state index contributed by atoms with van der Waals surface area (Å²) in [6.07, 6.45) is 0.656. The summed E-state index contributed by atoms with van der Waals surface area (Å²) in [5.74, 6) is -0.389. The lowest BCUT2D eigenvalue weighted by Gasteiger charge is -2.23. The lowest BCUT2D eigenvalue weighted by Crippen LogP contribution is -2.27. The lowest BCUT2D eigenvalue weighted by atomic mass is 10.2. The summed E-state index contributed by atoms with van der Waals surface area (Å²) in [7, 11) is 0. The molecule has 0 fully saturated rings. The zero-order valence-corrected chi connectivity index (χ0v) is 10.3. The Balaban J connectivity index is 2.79. The number of likely N-dealkylation sites (N-methyl/N-ethyl adjacent to an activating group) is 1. The Kier molecular flexibility index (Phi) is 5.63. The van der Waals surface area contributed by atoms with Gasteiger partial charge in [0.2, 0.25) is 0 Å². The Morgan fingerprint density at radius 1 is 1.35 bits per heavy atom. The molecule has 0 unspecified atom stereocenters. The molecule has 0 spiro atoms. The Bertz CT molecular complexity index is 368. The Hall–Kier alpha value is -1.42. The first-order valence-corrected chi connectivity index (χ1v) is 5.79. The van der Waals surface area contributed by atoms with Crippen LogP contribution in [0.4, 0.5) is 10.1 Å². The second-order valence-corrected chi connectivity index (χ2v) is 3.64. The van der Waals surface area contributed by atoms with Gasteiger partial charge in [-0.15, -0.1) is 0 Å². The van der Waals surface area contributed by atoms with Gasteiger partial charge < -0.3 is 9.64 Å². The van der Waals surface area contributed by atoms with Crippen molar-refractivity contribution in [2.24, 2.45) is 0 Å². The molecule has 0 saturated heterocycles. The van der Waals surface area contributed by atoms with E-state index >= 15 is 0 Å². The van der Waals surface area contributed by atoms with Crippen molar-refractivity contribution in [2.75, 3.05) is 31.2 Å². The maximum Gasteiger partial charge on any atom is 0.150 e. The molecule has 0 bridgehead atoms. The molecule has 0 saturated carbocycles. The normalized spacial score (nSPS) is 10.3. The van der Waals surface area contributed by atoms with Crippen LogP contribution in [0.3, 0.4) is 0 Å². The molecule has 0 aliphatic heterocycles. The fraction of sp³-hybridized carbons (Fsp3) is 0.462. The molecule has 0 N–H and O–H groups in total. The van der Waals surface area contributed by atoms with Crippen LogP contribution in [-0.4, -0.2) is 32.6 Å². The maximum atomic E-state index is 13.3. The summed E-state index contributed by atoms with van der Waals surface area (Å²) in [5.41, 5.74) is 1.07. The highest BCUT2D eigenvalue weighted by atomic mass is 19.1. The van der Waals surface area contributed by atoms with Gasteiger partial charge >= 0.3 is 0 Å². The molecule has 1 aromatic carbocycles. The van der Waals surface area contributed by atoms with Crippen molar-refractivity contribution >= 4 is 12.0 Å². The van der Waals surface area contributed by atoms with E-state index < -0.39 is 0 Å². The molecule has 0 aliphatic rings. The van der Waals surface area contributed by atoms with E-state index in [2.05, 4.69) is 0 Å². The van der Waals surface area contributed by atoms with Crippen molar-refractivity contribution in [1.29, 1.82) is 0 Å². The third-order valence-electron chi connectivity index (χ3n) is 2.50. The second-order valence-electron chi connectivity index (χ2n) is 3.64. The van der Waals surface area contributed by atoms with Crippen LogP contribution in [-0.2, 0) is 4.74 Å². The van der Waals surface area contributed by atoms with Gasteiger partial charge in [-0.1, -0.05) is 0 Å². The first-order valence-electron chi connectivity index (χ1n) is 5.79. The molecule has 4 heteroatoms. The Morgan fingerprint density at radius 3 is 2.71 bits per heavy atom. The van der Waals surface area contributed by atoms with Gasteiger partial charge in [-0.2, -0.15) is 0 Å². The average molecular weight is 239 g/mol. The molecule has 0 atom stereocenters. The van der Waals surface area contributed by atoms with Crippen molar-refractivity contribution in [1.82, 2.24) is 0 Å². The van der Waals surface area contributed by atoms with Crippen molar-refractivity contribution < 1.29 is 13.9 Å². The van der Waals surface area contributed by atoms with Gasteiger partial charge in [0.05, 0.1) is 6.61 Å². The zero-order chi connectivity index (χ0) is 12.7. The van der Waals surface area contributed by atoms with Gasteiger partial charge in [0.25, 0.3) is 0 Å². The third kappa shape index (κ3) is 4.15. The fourth-order valence-corrected chi connectivity index (χ4v) is 1.64. The molecule has 0 heterocycles. The predicted octanol–water partition coefficient (Wildman–Crippen LogP) is 2.50. The Labute approximate surface area is 101 Å². The molecule has 17 heavy (non-hydrogen) atoms. The summed E-state index contributed by atoms with van der Waals surface area (Å²) >= 11 is 0. The number of halogens is 1. The summed E-state index contributed by atoms with van der Waals surface area (Å²) in [6, 6.07) is 4.35. The van der Waals surface area contributed by atoms with E-state index in [9.17, 15) is 9.18 Å². The van der Waals surface area contributed by atoms with E-state index in [4.69, 9.17) is 4.74 Å². The summed E-state index contributed by atoms with van der Waals surface area (Å²) < 4.78 is 18.6. The molecule has 0 aliphatic carbocycles. The van der Waals surface area contributed by atoms with E-state index in [0.717, 1.165) is 6.54 Å². The SMILES string of the molecule is CCOCCN(CC)c1cc(F)cc(C=O)c1. The van der Waals surface area contributed by atoms with E-state index in [1.807, 2.05) is 18.7 Å². The van der Waals surface area contributed by atoms with Gasteiger partial charge in [0.15, 0.2) is 0 Å². The summed E-state index contributed by atoms with van der Waals surface area (Å²) in [6.45, 7) is 6.61. The third-order valence-corrected chi connectivity index (χ3v) is 2.50. The van der Waals surface area contributed by atoms with Crippen LogP contribution >= 0.6 is 0 Å². The van der Waals surface area contributed by atoms with Gasteiger partial charge in [-0.3, -0.25) is 4.79 Å². The first-order chi connectivity index (χ1) is 8.21. The van der Waals surface area contributed by atoms with Crippen LogP contribution < -0.4 is 4.90 Å². The minimum atomic E-state index is -0.389. The van der Waals surface area contributed by atoms with Crippen molar-refractivity contribution in [3.63, 3.8) is 0 Å². The highest BCUT2D eigenvalue weighted by Gasteiger charge is 2.07. The Morgan fingerprint density at radius 2 is 2.12 bits per heavy atom. The zero-order valence-electron chi connectivity index (χ0n) is 10.3. The van der Waals surface area contributed by atoms with Gasteiger partial charge in [-0.05, 0) is 32.0 Å². The molecule has 94 valence electrons. The van der Waals surface area contributed by atoms with Crippen LogP contribution in [0.1, 0.15) is 24.2 Å². The monoisotopic (exact) mass is 239 g/mol. The van der Waals surface area contributed by atoms with E-state index in [1.54, 1.807) is 6.07 Å². The van der Waals surface area contributed by atoms with Crippen LogP contribution in [0.25, 0.3) is 0 Å². The smallest absolute Gasteiger partial charge is 0.150 e. The van der Waals surface area contributed by atoms with E-state index in [0.29, 0.717) is 37.3 Å². The number of hydrogen-bond donors (Lipinski definition) is 0. The molecular formula is C13H18FNO2. The van der Waals surface area contributed by atoms with Crippen molar-refractivity contribution in [3.8, 4) is 0 Å². The molecule has 0 amide bonds. The molecule has 3 nitrogen and oxygen atoms in total. The van der Waals surface area contributed by atoms with Gasteiger partial charge in [0, 0.05) is 30.9 Å². The average Bonchev–Trinajstić information content (AvgIpc) is 2.34. The summed E-state index contributed by atoms with van der Waals surface area (Å²) in [5, 5.41) is 0. The van der Waals surface area contributed by atoms with Crippen LogP contribution in [0.15, 0.2) is 18.2 Å². The minimum Gasteiger partial charge on any atom is -0.380 e. The lowest BCUT2D eigenvalue weighted by molar-refractivity contribution is 0.112. The number of aldehydes is 1. The second kappa shape index (κ2) is 7.01. The number of benzene rings is 1. The van der Waals surface area contributed by atoms with Crippen molar-refractivity contribution in [2.45, 2.75) is 13.8 Å². The molecular weight excluding hydrogens is 221 g/mol. The molecule has 1 aromatic rings. The van der Waals surface area contributed by atoms with Gasteiger partial charge in [0.1, 0.15) is 12.1 Å². The highest BCUT2D eigenvalue weighted by Crippen LogP contribution is 2.17. The standard InChI is InChI=1S/C13H18FNO2/c1-3-15(5-6-17-4-2)13-8-11(10-16)7-12(14)9-13/h7-10H,3-6H2,1-2H3. The molecule has 1 rings (SSSR count). The number of hydrogen-bond acceptors (Lipinski definition) is 3. The topological polar surface area (TPSA) is 29.5 Å². The quantitative estimate of drug-likeness (QED) is 0.541. The summed E-state index contributed by atoms with van der Waals surface area (Å²) in [4.78, 5) is 12.7. The minimum absolute atomic E-state index is 0.356. The molecule has 0 aromatic heterocycles. The number of carbonyl (C=O) groups excluding carboxylic acids is 1. The van der Waals surface area contributed by atoms with E-state index in [-0.39, 0.29) is 5.82 Å². The number of rotatable bonds is 7. The predicted molar refractivity (Wildman–Crippen MR) is 66.2 cm³/mol. The number of nitrogens with zero attached hydrogens (tertiary/aromatic N) is 1. The van der Waals surface area contributed by atoms with Crippen molar-refractivity contribution in [3.05, 3.63) is 29.6 Å². The largest absolute Gasteiger partial charge is 0.380 e. The van der Waals surface area contributed by atoms with E-state index in [1.165, 1.54) is 12.1 Å². The molecule has 0 radical (unpaired) electrons.